The van der Waals surface area contributed by atoms with E-state index in [1.165, 1.54) is 4.88 Å². The van der Waals surface area contributed by atoms with Gasteiger partial charge in [-0.05, 0) is 25.1 Å². The Morgan fingerprint density at radius 2 is 1.93 bits per heavy atom. The maximum atomic E-state index is 12.0. The van der Waals surface area contributed by atoms with Gasteiger partial charge in [0.25, 0.3) is 0 Å². The number of benzene rings is 1. The molecule has 1 aliphatic carbocycles. The standard InChI is InChI=1S/C12H7BrOS/c1-6-4-10-11(14)9-5-7(13)2-3-8(9)12(10)15-6/h2-5H,1H3. The molecule has 1 aromatic carbocycles. The van der Waals surface area contributed by atoms with Crippen molar-refractivity contribution in [2.24, 2.45) is 0 Å². The summed E-state index contributed by atoms with van der Waals surface area (Å²) in [6.07, 6.45) is 0. The summed E-state index contributed by atoms with van der Waals surface area (Å²) in [7, 11) is 0. The number of rotatable bonds is 0. The molecule has 0 radical (unpaired) electrons. The van der Waals surface area contributed by atoms with Crippen LogP contribution < -0.4 is 0 Å². The first-order valence-corrected chi connectivity index (χ1v) is 6.23. The molecular formula is C12H7BrOS. The molecule has 3 heteroatoms. The fourth-order valence-corrected chi connectivity index (χ4v) is 3.34. The van der Waals surface area contributed by atoms with Crippen LogP contribution in [-0.4, -0.2) is 5.78 Å². The minimum Gasteiger partial charge on any atom is -0.289 e. The first-order chi connectivity index (χ1) is 7.16. The number of aryl methyl sites for hydroxylation is 1. The average molecular weight is 279 g/mol. The first kappa shape index (κ1) is 9.31. The van der Waals surface area contributed by atoms with Gasteiger partial charge in [-0.15, -0.1) is 11.3 Å². The lowest BCUT2D eigenvalue weighted by molar-refractivity contribution is 0.104. The molecule has 3 rings (SSSR count). The van der Waals surface area contributed by atoms with E-state index in [1.54, 1.807) is 11.3 Å². The maximum absolute atomic E-state index is 12.0. The summed E-state index contributed by atoms with van der Waals surface area (Å²) in [4.78, 5) is 14.4. The fraction of sp³-hybridized carbons (Fsp3) is 0.0833. The summed E-state index contributed by atoms with van der Waals surface area (Å²) in [5.74, 6) is 0.158. The Balaban J connectivity index is 2.35. The van der Waals surface area contributed by atoms with Crippen LogP contribution in [0, 0.1) is 6.92 Å². The van der Waals surface area contributed by atoms with Crippen LogP contribution in [0.5, 0.6) is 0 Å². The van der Waals surface area contributed by atoms with Crippen molar-refractivity contribution < 1.29 is 4.79 Å². The number of hydrogen-bond donors (Lipinski definition) is 0. The quantitative estimate of drug-likeness (QED) is 0.607. The van der Waals surface area contributed by atoms with Crippen molar-refractivity contribution in [3.63, 3.8) is 0 Å². The smallest absolute Gasteiger partial charge is 0.195 e. The van der Waals surface area contributed by atoms with E-state index in [0.717, 1.165) is 26.0 Å². The minimum atomic E-state index is 0.158. The zero-order valence-electron chi connectivity index (χ0n) is 8.00. The van der Waals surface area contributed by atoms with Crippen molar-refractivity contribution in [1.29, 1.82) is 0 Å². The topological polar surface area (TPSA) is 17.1 Å². The van der Waals surface area contributed by atoms with Gasteiger partial charge in [0.15, 0.2) is 5.78 Å². The molecule has 0 fully saturated rings. The second-order valence-corrected chi connectivity index (χ2v) is 5.79. The van der Waals surface area contributed by atoms with Crippen molar-refractivity contribution in [1.82, 2.24) is 0 Å². The molecular weight excluding hydrogens is 272 g/mol. The number of carbonyl (C=O) groups excluding carboxylic acids is 1. The Hall–Kier alpha value is -0.930. The van der Waals surface area contributed by atoms with E-state index in [0.29, 0.717) is 0 Å². The highest BCUT2D eigenvalue weighted by Crippen LogP contribution is 2.42. The third-order valence-corrected chi connectivity index (χ3v) is 4.15. The first-order valence-electron chi connectivity index (χ1n) is 4.62. The molecule has 0 saturated heterocycles. The molecule has 1 aliphatic rings. The van der Waals surface area contributed by atoms with E-state index in [-0.39, 0.29) is 5.78 Å². The van der Waals surface area contributed by atoms with Gasteiger partial charge < -0.3 is 0 Å². The molecule has 15 heavy (non-hydrogen) atoms. The summed E-state index contributed by atoms with van der Waals surface area (Å²) in [5.41, 5.74) is 2.77. The zero-order chi connectivity index (χ0) is 10.6. The van der Waals surface area contributed by atoms with E-state index >= 15 is 0 Å². The van der Waals surface area contributed by atoms with E-state index in [4.69, 9.17) is 0 Å². The number of halogens is 1. The number of hydrogen-bond acceptors (Lipinski definition) is 2. The Labute approximate surface area is 99.9 Å². The van der Waals surface area contributed by atoms with Crippen LogP contribution in [0.15, 0.2) is 28.7 Å². The summed E-state index contributed by atoms with van der Waals surface area (Å²) in [6, 6.07) is 7.88. The number of carbonyl (C=O) groups is 1. The zero-order valence-corrected chi connectivity index (χ0v) is 10.4. The normalized spacial score (nSPS) is 12.8. The molecule has 0 atom stereocenters. The van der Waals surface area contributed by atoms with Crippen molar-refractivity contribution in [3.8, 4) is 10.4 Å². The highest BCUT2D eigenvalue weighted by molar-refractivity contribution is 9.10. The highest BCUT2D eigenvalue weighted by atomic mass is 79.9. The largest absolute Gasteiger partial charge is 0.289 e. The van der Waals surface area contributed by atoms with Crippen LogP contribution in [0.1, 0.15) is 20.8 Å². The van der Waals surface area contributed by atoms with Crippen LogP contribution in [-0.2, 0) is 0 Å². The molecule has 0 spiro atoms. The van der Waals surface area contributed by atoms with Crippen LogP contribution in [0.25, 0.3) is 10.4 Å². The lowest BCUT2D eigenvalue weighted by Crippen LogP contribution is -1.93. The SMILES string of the molecule is Cc1cc2c(s1)-c1ccc(Br)cc1C2=O. The second kappa shape index (κ2) is 3.03. The van der Waals surface area contributed by atoms with Crippen LogP contribution >= 0.6 is 27.3 Å². The summed E-state index contributed by atoms with van der Waals surface area (Å²) < 4.78 is 0.960. The Bertz CT molecular complexity index is 583. The van der Waals surface area contributed by atoms with Gasteiger partial charge in [0.1, 0.15) is 0 Å². The number of thiophene rings is 1. The molecule has 1 aromatic heterocycles. The Morgan fingerprint density at radius 1 is 1.13 bits per heavy atom. The van der Waals surface area contributed by atoms with Gasteiger partial charge in [0, 0.05) is 30.9 Å². The summed E-state index contributed by atoms with van der Waals surface area (Å²) >= 11 is 5.08. The fourth-order valence-electron chi connectivity index (χ4n) is 1.93. The molecule has 0 saturated carbocycles. The molecule has 0 N–H and O–H groups in total. The van der Waals surface area contributed by atoms with Gasteiger partial charge in [0.05, 0.1) is 0 Å². The predicted molar refractivity (Wildman–Crippen MR) is 65.6 cm³/mol. The van der Waals surface area contributed by atoms with Gasteiger partial charge in [-0.25, -0.2) is 0 Å². The minimum absolute atomic E-state index is 0.158. The van der Waals surface area contributed by atoms with Gasteiger partial charge in [0.2, 0.25) is 0 Å². The molecule has 2 aromatic rings. The molecule has 1 nitrogen and oxygen atoms in total. The van der Waals surface area contributed by atoms with Crippen molar-refractivity contribution in [2.45, 2.75) is 6.92 Å². The molecule has 1 heterocycles. The van der Waals surface area contributed by atoms with Gasteiger partial charge >= 0.3 is 0 Å². The summed E-state index contributed by atoms with van der Waals surface area (Å²) in [6.45, 7) is 2.04. The van der Waals surface area contributed by atoms with Crippen LogP contribution in [0.4, 0.5) is 0 Å². The van der Waals surface area contributed by atoms with Crippen LogP contribution in [0.3, 0.4) is 0 Å². The number of fused-ring (bicyclic) bond motifs is 3. The van der Waals surface area contributed by atoms with Gasteiger partial charge in [-0.2, -0.15) is 0 Å². The lowest BCUT2D eigenvalue weighted by Gasteiger charge is -1.98. The van der Waals surface area contributed by atoms with Crippen molar-refractivity contribution >= 4 is 33.0 Å². The van der Waals surface area contributed by atoms with Crippen molar-refractivity contribution in [3.05, 3.63) is 44.7 Å². The van der Waals surface area contributed by atoms with Gasteiger partial charge in [-0.1, -0.05) is 22.0 Å². The van der Waals surface area contributed by atoms with Crippen LogP contribution in [0.2, 0.25) is 0 Å². The van der Waals surface area contributed by atoms with E-state index in [2.05, 4.69) is 15.9 Å². The van der Waals surface area contributed by atoms with Crippen molar-refractivity contribution in [2.75, 3.05) is 0 Å². The molecule has 0 aliphatic heterocycles. The van der Waals surface area contributed by atoms with E-state index in [9.17, 15) is 4.79 Å². The third-order valence-electron chi connectivity index (χ3n) is 2.57. The molecule has 74 valence electrons. The summed E-state index contributed by atoms with van der Waals surface area (Å²) in [5, 5.41) is 0. The molecule has 0 unspecified atom stereocenters. The Kier molecular flexibility index (Phi) is 1.88. The lowest BCUT2D eigenvalue weighted by atomic mass is 10.1. The maximum Gasteiger partial charge on any atom is 0.195 e. The highest BCUT2D eigenvalue weighted by Gasteiger charge is 2.28. The number of ketones is 1. The predicted octanol–water partition coefficient (Wildman–Crippen LogP) is 4.03. The Morgan fingerprint density at radius 3 is 2.73 bits per heavy atom. The second-order valence-electron chi connectivity index (χ2n) is 3.62. The monoisotopic (exact) mass is 278 g/mol. The van der Waals surface area contributed by atoms with E-state index in [1.807, 2.05) is 31.2 Å². The third kappa shape index (κ3) is 1.23. The molecule has 0 bridgehead atoms. The average Bonchev–Trinajstić information content (AvgIpc) is 2.67. The molecule has 0 amide bonds. The van der Waals surface area contributed by atoms with Gasteiger partial charge in [-0.3, -0.25) is 4.79 Å². The van der Waals surface area contributed by atoms with E-state index < -0.39 is 0 Å².